The maximum atomic E-state index is 11.4. The highest BCUT2D eigenvalue weighted by Crippen LogP contribution is 2.31. The minimum Gasteiger partial charge on any atom is -0.343 e. The Morgan fingerprint density at radius 3 is 2.50 bits per heavy atom. The summed E-state index contributed by atoms with van der Waals surface area (Å²) in [6, 6.07) is 0. The number of carbonyl (C=O) groups is 1. The summed E-state index contributed by atoms with van der Waals surface area (Å²) >= 11 is 0. The lowest BCUT2D eigenvalue weighted by atomic mass is 9.80. The van der Waals surface area contributed by atoms with Crippen LogP contribution in [-0.4, -0.2) is 48.9 Å². The summed E-state index contributed by atoms with van der Waals surface area (Å²) < 4.78 is 0. The molecule has 0 unspecified atom stereocenters. The monoisotopic (exact) mass is 280 g/mol. The van der Waals surface area contributed by atoms with E-state index < -0.39 is 0 Å². The van der Waals surface area contributed by atoms with Crippen LogP contribution in [0.5, 0.6) is 0 Å². The third kappa shape index (κ3) is 4.47. The van der Waals surface area contributed by atoms with Crippen molar-refractivity contribution in [2.75, 3.05) is 33.2 Å². The van der Waals surface area contributed by atoms with Crippen LogP contribution in [0.4, 0.5) is 0 Å². The van der Waals surface area contributed by atoms with E-state index in [4.69, 9.17) is 0 Å². The SMILES string of the molecule is CC[C@@H]1CCC[C@H](CN(C)C[C@H]2CCN(C(C)=O)C2)C1. The van der Waals surface area contributed by atoms with Gasteiger partial charge in [-0.3, -0.25) is 4.79 Å². The second-order valence-corrected chi connectivity index (χ2v) is 7.15. The molecule has 0 bridgehead atoms. The first-order chi connectivity index (χ1) is 9.58. The highest BCUT2D eigenvalue weighted by atomic mass is 16.2. The molecule has 1 saturated heterocycles. The molecule has 0 radical (unpaired) electrons. The molecule has 1 heterocycles. The number of hydrogen-bond donors (Lipinski definition) is 0. The van der Waals surface area contributed by atoms with Gasteiger partial charge in [-0.1, -0.05) is 26.2 Å². The zero-order valence-electron chi connectivity index (χ0n) is 13.6. The average molecular weight is 280 g/mol. The fraction of sp³-hybridized carbons (Fsp3) is 0.941. The van der Waals surface area contributed by atoms with Gasteiger partial charge in [-0.15, -0.1) is 0 Å². The van der Waals surface area contributed by atoms with Gasteiger partial charge in [-0.25, -0.2) is 0 Å². The Kier molecular flexibility index (Phi) is 5.88. The van der Waals surface area contributed by atoms with Gasteiger partial charge >= 0.3 is 0 Å². The molecule has 0 aromatic rings. The fourth-order valence-electron chi connectivity index (χ4n) is 4.16. The van der Waals surface area contributed by atoms with Gasteiger partial charge in [0.2, 0.25) is 5.91 Å². The lowest BCUT2D eigenvalue weighted by Gasteiger charge is -2.32. The van der Waals surface area contributed by atoms with Gasteiger partial charge in [-0.2, -0.15) is 0 Å². The van der Waals surface area contributed by atoms with Crippen LogP contribution in [0.1, 0.15) is 52.4 Å². The third-order valence-corrected chi connectivity index (χ3v) is 5.34. The normalized spacial score (nSPS) is 31.0. The molecule has 0 spiro atoms. The molecule has 1 aliphatic carbocycles. The summed E-state index contributed by atoms with van der Waals surface area (Å²) in [5, 5.41) is 0. The molecule has 3 heteroatoms. The summed E-state index contributed by atoms with van der Waals surface area (Å²) in [6.45, 7) is 8.39. The van der Waals surface area contributed by atoms with Crippen molar-refractivity contribution in [3.8, 4) is 0 Å². The van der Waals surface area contributed by atoms with Crippen LogP contribution >= 0.6 is 0 Å². The zero-order chi connectivity index (χ0) is 14.5. The van der Waals surface area contributed by atoms with Crippen molar-refractivity contribution >= 4 is 5.91 Å². The van der Waals surface area contributed by atoms with E-state index in [0.29, 0.717) is 5.92 Å². The predicted molar refractivity (Wildman–Crippen MR) is 83.6 cm³/mol. The Bertz CT molecular complexity index is 318. The first-order valence-electron chi connectivity index (χ1n) is 8.52. The fourth-order valence-corrected chi connectivity index (χ4v) is 4.16. The van der Waals surface area contributed by atoms with Crippen molar-refractivity contribution in [2.24, 2.45) is 17.8 Å². The molecule has 2 fully saturated rings. The Morgan fingerprint density at radius 2 is 1.85 bits per heavy atom. The molecule has 0 N–H and O–H groups in total. The maximum Gasteiger partial charge on any atom is 0.219 e. The molecular formula is C17H32N2O. The van der Waals surface area contributed by atoms with E-state index in [-0.39, 0.29) is 5.91 Å². The third-order valence-electron chi connectivity index (χ3n) is 5.34. The van der Waals surface area contributed by atoms with Gasteiger partial charge in [0.1, 0.15) is 0 Å². The molecule has 1 amide bonds. The maximum absolute atomic E-state index is 11.4. The van der Waals surface area contributed by atoms with E-state index in [1.807, 2.05) is 4.90 Å². The molecular weight excluding hydrogens is 248 g/mol. The van der Waals surface area contributed by atoms with Gasteiger partial charge in [-0.05, 0) is 44.1 Å². The number of carbonyl (C=O) groups excluding carboxylic acids is 1. The highest BCUT2D eigenvalue weighted by Gasteiger charge is 2.26. The summed E-state index contributed by atoms with van der Waals surface area (Å²) in [5.41, 5.74) is 0. The molecule has 116 valence electrons. The molecule has 2 rings (SSSR count). The predicted octanol–water partition coefficient (Wildman–Crippen LogP) is 3.00. The van der Waals surface area contributed by atoms with E-state index in [1.54, 1.807) is 6.92 Å². The summed E-state index contributed by atoms with van der Waals surface area (Å²) in [7, 11) is 2.27. The van der Waals surface area contributed by atoms with E-state index in [9.17, 15) is 4.79 Å². The van der Waals surface area contributed by atoms with E-state index in [0.717, 1.165) is 31.5 Å². The van der Waals surface area contributed by atoms with E-state index in [2.05, 4.69) is 18.9 Å². The van der Waals surface area contributed by atoms with Crippen molar-refractivity contribution in [2.45, 2.75) is 52.4 Å². The lowest BCUT2D eigenvalue weighted by Crippen LogP contribution is -2.34. The summed E-state index contributed by atoms with van der Waals surface area (Å²) in [4.78, 5) is 15.9. The number of hydrogen-bond acceptors (Lipinski definition) is 2. The first-order valence-corrected chi connectivity index (χ1v) is 8.52. The molecule has 1 saturated carbocycles. The molecule has 3 atom stereocenters. The Labute approximate surface area is 124 Å². The number of amides is 1. The number of nitrogens with zero attached hydrogens (tertiary/aromatic N) is 2. The van der Waals surface area contributed by atoms with Crippen molar-refractivity contribution in [3.63, 3.8) is 0 Å². The van der Waals surface area contributed by atoms with Crippen LogP contribution in [0.25, 0.3) is 0 Å². The van der Waals surface area contributed by atoms with Crippen LogP contribution in [0, 0.1) is 17.8 Å². The summed E-state index contributed by atoms with van der Waals surface area (Å²) in [5.74, 6) is 2.81. The second kappa shape index (κ2) is 7.44. The minimum atomic E-state index is 0.244. The van der Waals surface area contributed by atoms with Gasteiger partial charge < -0.3 is 9.80 Å². The zero-order valence-corrected chi connectivity index (χ0v) is 13.6. The van der Waals surface area contributed by atoms with Crippen LogP contribution < -0.4 is 0 Å². The summed E-state index contributed by atoms with van der Waals surface area (Å²) in [6.07, 6.45) is 8.28. The van der Waals surface area contributed by atoms with Crippen molar-refractivity contribution in [3.05, 3.63) is 0 Å². The second-order valence-electron chi connectivity index (χ2n) is 7.15. The van der Waals surface area contributed by atoms with Crippen molar-refractivity contribution in [1.29, 1.82) is 0 Å². The molecule has 0 aromatic heterocycles. The topological polar surface area (TPSA) is 23.6 Å². The molecule has 2 aliphatic rings. The van der Waals surface area contributed by atoms with Crippen molar-refractivity contribution in [1.82, 2.24) is 9.80 Å². The largest absolute Gasteiger partial charge is 0.343 e. The Balaban J connectivity index is 1.70. The Hall–Kier alpha value is -0.570. The number of likely N-dealkylation sites (tertiary alicyclic amines) is 1. The first kappa shape index (κ1) is 15.8. The van der Waals surface area contributed by atoms with Crippen LogP contribution in [0.2, 0.25) is 0 Å². The Morgan fingerprint density at radius 1 is 1.15 bits per heavy atom. The highest BCUT2D eigenvalue weighted by molar-refractivity contribution is 5.73. The quantitative estimate of drug-likeness (QED) is 0.773. The van der Waals surface area contributed by atoms with Gasteiger partial charge in [0.15, 0.2) is 0 Å². The number of rotatable bonds is 5. The van der Waals surface area contributed by atoms with Gasteiger partial charge in [0.25, 0.3) is 0 Å². The lowest BCUT2D eigenvalue weighted by molar-refractivity contribution is -0.127. The molecule has 20 heavy (non-hydrogen) atoms. The van der Waals surface area contributed by atoms with Crippen LogP contribution in [-0.2, 0) is 4.79 Å². The van der Waals surface area contributed by atoms with Crippen LogP contribution in [0.3, 0.4) is 0 Å². The molecule has 3 nitrogen and oxygen atoms in total. The van der Waals surface area contributed by atoms with Gasteiger partial charge in [0.05, 0.1) is 0 Å². The van der Waals surface area contributed by atoms with E-state index in [1.165, 1.54) is 45.1 Å². The van der Waals surface area contributed by atoms with E-state index >= 15 is 0 Å². The molecule has 0 aromatic carbocycles. The minimum absolute atomic E-state index is 0.244. The standard InChI is InChI=1S/C17H32N2O/c1-4-15-6-5-7-16(10-15)11-18(3)12-17-8-9-19(13-17)14(2)20/h15-17H,4-13H2,1-3H3/t15-,16+,17-/m1/s1. The smallest absolute Gasteiger partial charge is 0.219 e. The average Bonchev–Trinajstić information content (AvgIpc) is 2.87. The van der Waals surface area contributed by atoms with Crippen LogP contribution in [0.15, 0.2) is 0 Å². The molecule has 1 aliphatic heterocycles. The van der Waals surface area contributed by atoms with Gasteiger partial charge in [0, 0.05) is 33.1 Å². The van der Waals surface area contributed by atoms with Crippen molar-refractivity contribution < 1.29 is 4.79 Å².